The summed E-state index contributed by atoms with van der Waals surface area (Å²) in [6.07, 6.45) is 8.99. The molecular formula is C37H74N2O5SiSn. The van der Waals surface area contributed by atoms with Gasteiger partial charge in [-0.3, -0.25) is 0 Å². The van der Waals surface area contributed by atoms with Crippen molar-refractivity contribution < 1.29 is 23.5 Å². The Kier molecular flexibility index (Phi) is 20.8. The van der Waals surface area contributed by atoms with Gasteiger partial charge in [0.15, 0.2) is 0 Å². The van der Waals surface area contributed by atoms with Gasteiger partial charge in [-0.15, -0.1) is 0 Å². The van der Waals surface area contributed by atoms with Gasteiger partial charge < -0.3 is 0 Å². The molecule has 0 aliphatic rings. The minimum absolute atomic E-state index is 0.00684. The molecule has 0 unspecified atom stereocenters. The van der Waals surface area contributed by atoms with Gasteiger partial charge in [-0.25, -0.2) is 0 Å². The molecule has 0 bridgehead atoms. The molecule has 0 saturated heterocycles. The Hall–Kier alpha value is -0.924. The van der Waals surface area contributed by atoms with Gasteiger partial charge in [0, 0.05) is 0 Å². The van der Waals surface area contributed by atoms with Gasteiger partial charge in [-0.2, -0.15) is 0 Å². The second kappa shape index (κ2) is 21.2. The van der Waals surface area contributed by atoms with E-state index in [-0.39, 0.29) is 39.4 Å². The number of amides is 2. The van der Waals surface area contributed by atoms with Crippen LogP contribution in [0.2, 0.25) is 31.4 Å². The quantitative estimate of drug-likeness (QED) is 0.0966. The van der Waals surface area contributed by atoms with Crippen molar-refractivity contribution in [2.75, 3.05) is 0 Å². The topological polar surface area (TPSA) is 68.3 Å². The first-order valence-electron chi connectivity index (χ1n) is 18.4. The van der Waals surface area contributed by atoms with Crippen LogP contribution in [-0.4, -0.2) is 83.1 Å². The second-order valence-electron chi connectivity index (χ2n) is 16.0. The summed E-state index contributed by atoms with van der Waals surface area (Å²) in [5.74, 6) is 3.25. The minimum atomic E-state index is -3.19. The molecule has 0 heterocycles. The van der Waals surface area contributed by atoms with Gasteiger partial charge in [-0.1, -0.05) is 0 Å². The van der Waals surface area contributed by atoms with Crippen molar-refractivity contribution in [3.8, 4) is 12.0 Å². The van der Waals surface area contributed by atoms with Gasteiger partial charge in [0.1, 0.15) is 0 Å². The summed E-state index contributed by atoms with van der Waals surface area (Å²) in [5, 5.41) is -0.0407. The van der Waals surface area contributed by atoms with E-state index in [0.717, 1.165) is 38.5 Å². The molecule has 2 amide bonds. The standard InChI is InChI=1S/C25H47N2O5Si.3C4H9.Sn/c1-18(2)26(19(3)4)23(28)30-16-14-22(32-33(12,13)25(9,10)11)15-17-31-24(29)27(20(5)6)21(7)8;3*1-3-4-2;/h16,18-22H,14H2,1-13H3;3*1,3-4H2,2H3;/t22-;;;;/m0..../s1. The summed E-state index contributed by atoms with van der Waals surface area (Å²) in [6, 6.07) is 0.0475. The first-order chi connectivity index (χ1) is 21.2. The third kappa shape index (κ3) is 14.7. The van der Waals surface area contributed by atoms with Gasteiger partial charge in [0.05, 0.1) is 0 Å². The summed E-state index contributed by atoms with van der Waals surface area (Å²) >= 11 is -3.19. The normalized spacial score (nSPS) is 13.9. The van der Waals surface area contributed by atoms with Crippen LogP contribution < -0.4 is 0 Å². The zero-order chi connectivity index (χ0) is 35.9. The van der Waals surface area contributed by atoms with E-state index in [0.29, 0.717) is 6.42 Å². The van der Waals surface area contributed by atoms with E-state index in [1.807, 2.05) is 32.6 Å². The van der Waals surface area contributed by atoms with E-state index in [2.05, 4.69) is 94.4 Å². The number of hydrogen-bond acceptors (Lipinski definition) is 5. The first kappa shape index (κ1) is 45.1. The molecule has 0 aromatic carbocycles. The molecule has 0 fully saturated rings. The molecule has 0 rings (SSSR count). The molecule has 0 aromatic rings. The van der Waals surface area contributed by atoms with Gasteiger partial charge in [0.2, 0.25) is 0 Å². The monoisotopic (exact) mass is 774 g/mol. The van der Waals surface area contributed by atoms with Crippen molar-refractivity contribution in [2.45, 2.75) is 208 Å². The summed E-state index contributed by atoms with van der Waals surface area (Å²) < 4.78 is 22.7. The Morgan fingerprint density at radius 1 is 0.717 bits per heavy atom. The van der Waals surface area contributed by atoms with Crippen molar-refractivity contribution >= 4 is 38.9 Å². The summed E-state index contributed by atoms with van der Waals surface area (Å²) in [7, 11) is -2.28. The number of ether oxygens (including phenoxy) is 2. The van der Waals surface area contributed by atoms with Crippen LogP contribution in [0, 0.1) is 12.0 Å². The van der Waals surface area contributed by atoms with Gasteiger partial charge >= 0.3 is 292 Å². The maximum absolute atomic E-state index is 14.0. The van der Waals surface area contributed by atoms with Crippen molar-refractivity contribution in [3.63, 3.8) is 0 Å². The number of nitrogens with zero attached hydrogens (tertiary/aromatic N) is 2. The van der Waals surface area contributed by atoms with Gasteiger partial charge in [0.25, 0.3) is 0 Å². The molecule has 0 aliphatic heterocycles. The summed E-state index contributed by atoms with van der Waals surface area (Å²) in [4.78, 5) is 30.6. The fourth-order valence-electron chi connectivity index (χ4n) is 6.14. The molecule has 9 heteroatoms. The number of carbonyl (C=O) groups is 2. The van der Waals surface area contributed by atoms with Crippen molar-refractivity contribution in [3.05, 3.63) is 0 Å². The summed E-state index contributed by atoms with van der Waals surface area (Å²) in [5.41, 5.74) is 0. The molecule has 0 aromatic heterocycles. The Morgan fingerprint density at radius 3 is 1.46 bits per heavy atom. The second-order valence-corrected chi connectivity index (χ2v) is 34.6. The SMILES string of the molecule is CCC[CH2][Sn]([CH2]CCC)([CH2]CCC)[C@@H](C[C@@H](C#COC(=O)N(C(C)C)C(C)C)O[Si](C)(C)C(C)(C)C)OC(=O)N(C(C)C)C(C)C. The number of unbranched alkanes of at least 4 members (excludes halogenated alkanes) is 3. The van der Waals surface area contributed by atoms with Crippen LogP contribution in [-0.2, 0) is 13.9 Å². The van der Waals surface area contributed by atoms with Crippen molar-refractivity contribution in [1.82, 2.24) is 9.80 Å². The Morgan fingerprint density at radius 2 is 1.11 bits per heavy atom. The molecule has 0 spiro atoms. The molecule has 270 valence electrons. The molecular weight excluding hydrogens is 699 g/mol. The average molecular weight is 774 g/mol. The molecule has 46 heavy (non-hydrogen) atoms. The van der Waals surface area contributed by atoms with E-state index in [9.17, 15) is 9.59 Å². The zero-order valence-electron chi connectivity index (χ0n) is 33.0. The molecule has 0 N–H and O–H groups in total. The fraction of sp³-hybridized carbons (Fsp3) is 0.892. The molecule has 7 nitrogen and oxygen atoms in total. The Bertz CT molecular complexity index is 914. The van der Waals surface area contributed by atoms with Crippen LogP contribution in [0.1, 0.15) is 142 Å². The Balaban J connectivity index is 7.13. The molecule has 0 radical (unpaired) electrons. The molecule has 0 aliphatic carbocycles. The van der Waals surface area contributed by atoms with E-state index in [1.54, 1.807) is 4.90 Å². The zero-order valence-corrected chi connectivity index (χ0v) is 36.8. The van der Waals surface area contributed by atoms with Crippen molar-refractivity contribution in [1.29, 1.82) is 0 Å². The number of carbonyl (C=O) groups excluding carboxylic acids is 2. The van der Waals surface area contributed by atoms with E-state index in [1.165, 1.54) is 13.3 Å². The average Bonchev–Trinajstić information content (AvgIpc) is 2.90. The molecule has 2 atom stereocenters. The van der Waals surface area contributed by atoms with Crippen LogP contribution in [0.4, 0.5) is 9.59 Å². The third-order valence-corrected chi connectivity index (χ3v) is 30.6. The fourth-order valence-corrected chi connectivity index (χ4v) is 24.4. The van der Waals surface area contributed by atoms with E-state index >= 15 is 0 Å². The van der Waals surface area contributed by atoms with E-state index in [4.69, 9.17) is 13.9 Å². The van der Waals surface area contributed by atoms with Crippen molar-refractivity contribution in [2.24, 2.45) is 0 Å². The van der Waals surface area contributed by atoms with Gasteiger partial charge in [-0.05, 0) is 0 Å². The number of rotatable bonds is 19. The first-order valence-corrected chi connectivity index (χ1v) is 29.0. The number of hydrogen-bond donors (Lipinski definition) is 0. The van der Waals surface area contributed by atoms with Crippen LogP contribution in [0.5, 0.6) is 0 Å². The van der Waals surface area contributed by atoms with Crippen LogP contribution in [0.25, 0.3) is 0 Å². The predicted molar refractivity (Wildman–Crippen MR) is 200 cm³/mol. The molecule has 0 saturated carbocycles. The van der Waals surface area contributed by atoms with Crippen LogP contribution in [0.3, 0.4) is 0 Å². The Labute approximate surface area is 290 Å². The van der Waals surface area contributed by atoms with Crippen LogP contribution >= 0.6 is 0 Å². The summed E-state index contributed by atoms with van der Waals surface area (Å²) in [6.45, 7) is 34.0. The van der Waals surface area contributed by atoms with E-state index < -0.39 is 38.9 Å². The predicted octanol–water partition coefficient (Wildman–Crippen LogP) is 11.0. The van der Waals surface area contributed by atoms with Crippen LogP contribution in [0.15, 0.2) is 0 Å². The maximum atomic E-state index is 14.0. The third-order valence-electron chi connectivity index (χ3n) is 9.69.